The Labute approximate surface area is 112 Å². The van der Waals surface area contributed by atoms with Crippen molar-refractivity contribution < 1.29 is 0 Å². The molecule has 4 heteroatoms. The zero-order chi connectivity index (χ0) is 12.7. The van der Waals surface area contributed by atoms with Crippen molar-refractivity contribution in [3.63, 3.8) is 0 Å². The first-order valence-corrected chi connectivity index (χ1v) is 6.72. The Morgan fingerprint density at radius 3 is 2.56 bits per heavy atom. The van der Waals surface area contributed by atoms with Crippen molar-refractivity contribution in [3.8, 4) is 0 Å². The Morgan fingerprint density at radius 2 is 1.83 bits per heavy atom. The summed E-state index contributed by atoms with van der Waals surface area (Å²) >= 11 is 6.06. The van der Waals surface area contributed by atoms with Crippen LogP contribution in [0.25, 0.3) is 10.9 Å². The first kappa shape index (κ1) is 11.7. The second-order valence-corrected chi connectivity index (χ2v) is 5.32. The molecule has 1 saturated heterocycles. The van der Waals surface area contributed by atoms with Crippen LogP contribution in [0.4, 0.5) is 5.82 Å². The fourth-order valence-electron chi connectivity index (χ4n) is 2.75. The summed E-state index contributed by atoms with van der Waals surface area (Å²) in [7, 11) is 0. The van der Waals surface area contributed by atoms with Gasteiger partial charge < -0.3 is 4.90 Å². The second-order valence-electron chi connectivity index (χ2n) is 4.99. The molecule has 0 N–H and O–H groups in total. The van der Waals surface area contributed by atoms with Crippen molar-refractivity contribution >= 4 is 28.3 Å². The highest BCUT2D eigenvalue weighted by atomic mass is 35.5. The molecule has 1 aliphatic heterocycles. The average Bonchev–Trinajstić information content (AvgIpc) is 2.79. The maximum atomic E-state index is 6.06. The predicted octanol–water partition coefficient (Wildman–Crippen LogP) is 3.50. The Kier molecular flexibility index (Phi) is 2.86. The lowest BCUT2D eigenvalue weighted by atomic mass is 10.1. The van der Waals surface area contributed by atoms with Gasteiger partial charge in [0.2, 0.25) is 5.28 Å². The van der Waals surface area contributed by atoms with Crippen molar-refractivity contribution in [1.82, 2.24) is 9.97 Å². The summed E-state index contributed by atoms with van der Waals surface area (Å²) in [5.74, 6) is 1.00. The van der Waals surface area contributed by atoms with E-state index in [1.54, 1.807) is 0 Å². The predicted molar refractivity (Wildman–Crippen MR) is 75.5 cm³/mol. The molecule has 0 unspecified atom stereocenters. The zero-order valence-electron chi connectivity index (χ0n) is 10.7. The van der Waals surface area contributed by atoms with Crippen LogP contribution in [-0.4, -0.2) is 23.1 Å². The first-order chi connectivity index (χ1) is 8.65. The molecule has 0 atom stereocenters. The van der Waals surface area contributed by atoms with Crippen LogP contribution < -0.4 is 4.90 Å². The number of anilines is 1. The Hall–Kier alpha value is -1.35. The molecule has 1 aromatic carbocycles. The van der Waals surface area contributed by atoms with E-state index in [9.17, 15) is 0 Å². The van der Waals surface area contributed by atoms with E-state index < -0.39 is 0 Å². The molecule has 94 valence electrons. The quantitative estimate of drug-likeness (QED) is 0.736. The van der Waals surface area contributed by atoms with Crippen LogP contribution in [0.15, 0.2) is 12.1 Å². The van der Waals surface area contributed by atoms with E-state index in [0.29, 0.717) is 5.28 Å². The van der Waals surface area contributed by atoms with E-state index in [1.807, 2.05) is 0 Å². The molecule has 3 nitrogen and oxygen atoms in total. The lowest BCUT2D eigenvalue weighted by molar-refractivity contribution is 0.938. The molecule has 0 aliphatic carbocycles. The van der Waals surface area contributed by atoms with Gasteiger partial charge in [-0.15, -0.1) is 0 Å². The van der Waals surface area contributed by atoms with Gasteiger partial charge in [0, 0.05) is 18.5 Å². The summed E-state index contributed by atoms with van der Waals surface area (Å²) in [6, 6.07) is 4.26. The molecule has 0 spiro atoms. The molecule has 0 radical (unpaired) electrons. The minimum Gasteiger partial charge on any atom is -0.356 e. The molecule has 2 heterocycles. The number of nitrogens with zero attached hydrogens (tertiary/aromatic N) is 3. The minimum atomic E-state index is 0.342. The number of fused-ring (bicyclic) bond motifs is 1. The van der Waals surface area contributed by atoms with Crippen LogP contribution in [0, 0.1) is 13.8 Å². The van der Waals surface area contributed by atoms with Crippen LogP contribution >= 0.6 is 11.6 Å². The zero-order valence-corrected chi connectivity index (χ0v) is 11.5. The molecule has 3 rings (SSSR count). The summed E-state index contributed by atoms with van der Waals surface area (Å²) in [6.45, 7) is 6.33. The third-order valence-corrected chi connectivity index (χ3v) is 3.67. The number of aromatic nitrogens is 2. The monoisotopic (exact) mass is 261 g/mol. The summed E-state index contributed by atoms with van der Waals surface area (Å²) in [4.78, 5) is 11.1. The summed E-state index contributed by atoms with van der Waals surface area (Å²) in [6.07, 6.45) is 2.46. The standard InChI is InChI=1S/C14H16ClN3/c1-9-7-10(2)12-11(8-9)16-14(15)17-13(12)18-5-3-4-6-18/h7-8H,3-6H2,1-2H3. The molecule has 0 amide bonds. The van der Waals surface area contributed by atoms with Gasteiger partial charge in [-0.1, -0.05) is 6.07 Å². The van der Waals surface area contributed by atoms with E-state index in [-0.39, 0.29) is 0 Å². The Bertz CT molecular complexity index is 598. The van der Waals surface area contributed by atoms with Crippen molar-refractivity contribution in [2.24, 2.45) is 0 Å². The van der Waals surface area contributed by atoms with Crippen LogP contribution in [0.2, 0.25) is 5.28 Å². The van der Waals surface area contributed by atoms with E-state index in [0.717, 1.165) is 29.8 Å². The summed E-state index contributed by atoms with van der Waals surface area (Å²) in [5.41, 5.74) is 3.39. The van der Waals surface area contributed by atoms with Gasteiger partial charge in [0.25, 0.3) is 0 Å². The molecule has 1 aromatic heterocycles. The third kappa shape index (κ3) is 1.93. The van der Waals surface area contributed by atoms with Crippen molar-refractivity contribution in [2.45, 2.75) is 26.7 Å². The SMILES string of the molecule is Cc1cc(C)c2c(N3CCCC3)nc(Cl)nc2c1. The number of halogens is 1. The number of hydrogen-bond acceptors (Lipinski definition) is 3. The van der Waals surface area contributed by atoms with Gasteiger partial charge in [0.15, 0.2) is 0 Å². The molecular formula is C14H16ClN3. The van der Waals surface area contributed by atoms with Crippen molar-refractivity contribution in [2.75, 3.05) is 18.0 Å². The highest BCUT2D eigenvalue weighted by Gasteiger charge is 2.19. The van der Waals surface area contributed by atoms with Gasteiger partial charge in [0.1, 0.15) is 5.82 Å². The molecule has 1 aliphatic rings. The Balaban J connectivity index is 2.29. The van der Waals surface area contributed by atoms with Gasteiger partial charge in [-0.05, 0) is 55.5 Å². The maximum absolute atomic E-state index is 6.06. The molecule has 2 aromatic rings. The van der Waals surface area contributed by atoms with Crippen molar-refractivity contribution in [3.05, 3.63) is 28.5 Å². The molecular weight excluding hydrogens is 246 g/mol. The largest absolute Gasteiger partial charge is 0.356 e. The first-order valence-electron chi connectivity index (χ1n) is 6.34. The number of benzene rings is 1. The minimum absolute atomic E-state index is 0.342. The number of aryl methyl sites for hydroxylation is 2. The fraction of sp³-hybridized carbons (Fsp3) is 0.429. The maximum Gasteiger partial charge on any atom is 0.224 e. The van der Waals surface area contributed by atoms with E-state index >= 15 is 0 Å². The normalized spacial score (nSPS) is 15.6. The lowest BCUT2D eigenvalue weighted by Crippen LogP contribution is -2.20. The van der Waals surface area contributed by atoms with E-state index in [1.165, 1.54) is 24.0 Å². The summed E-state index contributed by atoms with van der Waals surface area (Å²) < 4.78 is 0. The molecule has 1 fully saturated rings. The molecule has 0 bridgehead atoms. The molecule has 0 saturated carbocycles. The van der Waals surface area contributed by atoms with Crippen LogP contribution in [0.5, 0.6) is 0 Å². The van der Waals surface area contributed by atoms with Crippen LogP contribution in [-0.2, 0) is 0 Å². The highest BCUT2D eigenvalue weighted by molar-refractivity contribution is 6.28. The van der Waals surface area contributed by atoms with Gasteiger partial charge >= 0.3 is 0 Å². The van der Waals surface area contributed by atoms with Crippen LogP contribution in [0.1, 0.15) is 24.0 Å². The van der Waals surface area contributed by atoms with Crippen LogP contribution in [0.3, 0.4) is 0 Å². The van der Waals surface area contributed by atoms with E-state index in [2.05, 4.69) is 40.8 Å². The topological polar surface area (TPSA) is 29.0 Å². The smallest absolute Gasteiger partial charge is 0.224 e. The average molecular weight is 262 g/mol. The van der Waals surface area contributed by atoms with E-state index in [4.69, 9.17) is 11.6 Å². The van der Waals surface area contributed by atoms with Gasteiger partial charge in [-0.3, -0.25) is 0 Å². The van der Waals surface area contributed by atoms with Crippen molar-refractivity contribution in [1.29, 1.82) is 0 Å². The van der Waals surface area contributed by atoms with Gasteiger partial charge in [0.05, 0.1) is 5.52 Å². The Morgan fingerprint density at radius 1 is 1.11 bits per heavy atom. The highest BCUT2D eigenvalue weighted by Crippen LogP contribution is 2.31. The molecule has 18 heavy (non-hydrogen) atoms. The van der Waals surface area contributed by atoms with Gasteiger partial charge in [-0.25, -0.2) is 4.98 Å². The fourth-order valence-corrected chi connectivity index (χ4v) is 2.92. The summed E-state index contributed by atoms with van der Waals surface area (Å²) in [5, 5.41) is 1.49. The lowest BCUT2D eigenvalue weighted by Gasteiger charge is -2.19. The second kappa shape index (κ2) is 4.39. The third-order valence-electron chi connectivity index (χ3n) is 3.50. The number of rotatable bonds is 1. The van der Waals surface area contributed by atoms with Gasteiger partial charge in [-0.2, -0.15) is 4.98 Å². The number of hydrogen-bond donors (Lipinski definition) is 0.